The lowest BCUT2D eigenvalue weighted by molar-refractivity contribution is -0.384. The molecule has 0 radical (unpaired) electrons. The van der Waals surface area contributed by atoms with Gasteiger partial charge in [-0.05, 0) is 13.0 Å². The van der Waals surface area contributed by atoms with E-state index in [0.717, 1.165) is 0 Å². The molecule has 0 bridgehead atoms. The number of aromatic nitrogens is 1. The first-order chi connectivity index (χ1) is 9.43. The van der Waals surface area contributed by atoms with Crippen molar-refractivity contribution in [2.45, 2.75) is 25.5 Å². The van der Waals surface area contributed by atoms with Crippen LogP contribution in [0.15, 0.2) is 12.1 Å². The fourth-order valence-electron chi connectivity index (χ4n) is 2.33. The summed E-state index contributed by atoms with van der Waals surface area (Å²) in [6.07, 6.45) is -0.00322. The van der Waals surface area contributed by atoms with Gasteiger partial charge in [-0.25, -0.2) is 9.78 Å². The van der Waals surface area contributed by atoms with Crippen molar-refractivity contribution in [2.24, 2.45) is 0 Å². The van der Waals surface area contributed by atoms with Gasteiger partial charge in [0.15, 0.2) is 0 Å². The van der Waals surface area contributed by atoms with Crippen LogP contribution in [-0.4, -0.2) is 46.8 Å². The highest BCUT2D eigenvalue weighted by Gasteiger charge is 2.40. The molecule has 1 fully saturated rings. The minimum atomic E-state index is -1.04. The van der Waals surface area contributed by atoms with Crippen LogP contribution in [0.25, 0.3) is 0 Å². The third kappa shape index (κ3) is 2.55. The quantitative estimate of drug-likeness (QED) is 0.647. The molecule has 2 rings (SSSR count). The van der Waals surface area contributed by atoms with Crippen molar-refractivity contribution in [2.75, 3.05) is 18.6 Å². The Morgan fingerprint density at radius 2 is 2.30 bits per heavy atom. The Labute approximate surface area is 115 Å². The molecule has 20 heavy (non-hydrogen) atoms. The summed E-state index contributed by atoms with van der Waals surface area (Å²) in [4.78, 5) is 27.4. The number of carbonyl (C=O) groups is 1. The highest BCUT2D eigenvalue weighted by atomic mass is 16.6. The maximum Gasteiger partial charge on any atom is 0.326 e. The fourth-order valence-corrected chi connectivity index (χ4v) is 2.33. The van der Waals surface area contributed by atoms with Crippen molar-refractivity contribution < 1.29 is 19.6 Å². The molecule has 0 aromatic carbocycles. The monoisotopic (exact) mass is 281 g/mol. The number of carboxylic acids is 1. The van der Waals surface area contributed by atoms with Gasteiger partial charge < -0.3 is 14.7 Å². The van der Waals surface area contributed by atoms with Gasteiger partial charge in [-0.3, -0.25) is 10.1 Å². The van der Waals surface area contributed by atoms with Crippen molar-refractivity contribution >= 4 is 17.5 Å². The van der Waals surface area contributed by atoms with Gasteiger partial charge in [-0.15, -0.1) is 0 Å². The molecule has 1 aliphatic rings. The molecule has 1 aromatic heterocycles. The Bertz CT molecular complexity index is 548. The first-order valence-corrected chi connectivity index (χ1v) is 6.08. The van der Waals surface area contributed by atoms with Crippen molar-refractivity contribution in [1.82, 2.24) is 4.98 Å². The zero-order valence-corrected chi connectivity index (χ0v) is 11.1. The highest BCUT2D eigenvalue weighted by molar-refractivity contribution is 5.80. The van der Waals surface area contributed by atoms with Gasteiger partial charge in [0.1, 0.15) is 6.04 Å². The second-order valence-corrected chi connectivity index (χ2v) is 4.65. The Balaban J connectivity index is 2.45. The number of nitrogens with zero attached hydrogens (tertiary/aromatic N) is 3. The maximum atomic E-state index is 11.3. The topological polar surface area (TPSA) is 106 Å². The number of rotatable bonds is 4. The average molecular weight is 281 g/mol. The summed E-state index contributed by atoms with van der Waals surface area (Å²) < 4.78 is 5.17. The molecule has 108 valence electrons. The van der Waals surface area contributed by atoms with E-state index in [1.807, 2.05) is 0 Å². The summed E-state index contributed by atoms with van der Waals surface area (Å²) in [5.74, 6) is -0.955. The summed E-state index contributed by atoms with van der Waals surface area (Å²) in [7, 11) is 1.49. The molecule has 8 nitrogen and oxygen atoms in total. The summed E-state index contributed by atoms with van der Waals surface area (Å²) in [5, 5.41) is 20.3. The van der Waals surface area contributed by atoms with E-state index in [1.165, 1.54) is 24.1 Å². The van der Waals surface area contributed by atoms with Crippen LogP contribution in [0.3, 0.4) is 0 Å². The number of methoxy groups -OCH3 is 1. The number of anilines is 1. The number of aryl methyl sites for hydroxylation is 1. The van der Waals surface area contributed by atoms with E-state index in [0.29, 0.717) is 5.69 Å². The molecule has 0 aliphatic carbocycles. The van der Waals surface area contributed by atoms with E-state index in [9.17, 15) is 20.0 Å². The van der Waals surface area contributed by atoms with Crippen LogP contribution in [0.4, 0.5) is 11.5 Å². The van der Waals surface area contributed by atoms with Crippen LogP contribution in [0.1, 0.15) is 12.1 Å². The van der Waals surface area contributed by atoms with E-state index < -0.39 is 16.9 Å². The standard InChI is InChI=1S/C12H15N3O5/c1-7-3-4-9(15(18)19)11(13-7)14-6-8(20-2)5-10(14)12(16)17/h3-4,8,10H,5-6H2,1-2H3,(H,16,17). The number of nitro groups is 1. The summed E-state index contributed by atoms with van der Waals surface area (Å²) in [5.41, 5.74) is 0.397. The van der Waals surface area contributed by atoms with Crippen LogP contribution in [0, 0.1) is 17.0 Å². The fraction of sp³-hybridized carbons (Fsp3) is 0.500. The predicted molar refractivity (Wildman–Crippen MR) is 69.8 cm³/mol. The van der Waals surface area contributed by atoms with Crippen molar-refractivity contribution in [1.29, 1.82) is 0 Å². The van der Waals surface area contributed by atoms with E-state index in [1.54, 1.807) is 6.92 Å². The van der Waals surface area contributed by atoms with Gasteiger partial charge in [-0.2, -0.15) is 0 Å². The van der Waals surface area contributed by atoms with Gasteiger partial charge in [0.05, 0.1) is 11.0 Å². The Hall–Kier alpha value is -2.22. The van der Waals surface area contributed by atoms with Crippen LogP contribution in [-0.2, 0) is 9.53 Å². The van der Waals surface area contributed by atoms with Gasteiger partial charge in [0, 0.05) is 31.8 Å². The van der Waals surface area contributed by atoms with Gasteiger partial charge >= 0.3 is 11.7 Å². The largest absolute Gasteiger partial charge is 0.480 e. The van der Waals surface area contributed by atoms with E-state index in [2.05, 4.69) is 4.98 Å². The Morgan fingerprint density at radius 3 is 2.85 bits per heavy atom. The summed E-state index contributed by atoms with van der Waals surface area (Å²) >= 11 is 0. The molecule has 1 aliphatic heterocycles. The van der Waals surface area contributed by atoms with Crippen molar-refractivity contribution in [3.63, 3.8) is 0 Å². The predicted octanol–water partition coefficient (Wildman–Crippen LogP) is 0.977. The van der Waals surface area contributed by atoms with Gasteiger partial charge in [0.25, 0.3) is 0 Å². The lowest BCUT2D eigenvalue weighted by Crippen LogP contribution is -2.37. The third-order valence-electron chi connectivity index (χ3n) is 3.34. The summed E-state index contributed by atoms with van der Waals surface area (Å²) in [6, 6.07) is 2.01. The SMILES string of the molecule is COC1CC(C(=O)O)N(c2nc(C)ccc2[N+](=O)[O-])C1. The molecule has 0 spiro atoms. The molecule has 2 atom stereocenters. The number of hydrogen-bond acceptors (Lipinski definition) is 6. The minimum absolute atomic E-state index is 0.0851. The van der Waals surface area contributed by atoms with Crippen molar-refractivity contribution in [3.8, 4) is 0 Å². The van der Waals surface area contributed by atoms with Crippen molar-refractivity contribution in [3.05, 3.63) is 27.9 Å². The number of aliphatic carboxylic acids is 1. The molecule has 8 heteroatoms. The van der Waals surface area contributed by atoms with Gasteiger partial charge in [0.2, 0.25) is 5.82 Å². The van der Waals surface area contributed by atoms with Gasteiger partial charge in [-0.1, -0.05) is 0 Å². The zero-order chi connectivity index (χ0) is 14.9. The molecule has 2 heterocycles. The molecule has 0 saturated carbocycles. The first kappa shape index (κ1) is 14.2. The lowest BCUT2D eigenvalue weighted by Gasteiger charge is -2.22. The number of carboxylic acid groups (broad SMARTS) is 1. The molecular formula is C12H15N3O5. The van der Waals surface area contributed by atoms with Crippen LogP contribution < -0.4 is 4.90 Å². The molecule has 1 aromatic rings. The number of ether oxygens (including phenoxy) is 1. The third-order valence-corrected chi connectivity index (χ3v) is 3.34. The molecule has 2 unspecified atom stereocenters. The van der Waals surface area contributed by atoms with E-state index in [-0.39, 0.29) is 30.6 Å². The number of pyridine rings is 1. The highest BCUT2D eigenvalue weighted by Crippen LogP contribution is 2.32. The van der Waals surface area contributed by atoms with E-state index in [4.69, 9.17) is 4.74 Å². The normalized spacial score (nSPS) is 22.0. The maximum absolute atomic E-state index is 11.3. The molecule has 1 N–H and O–H groups in total. The second-order valence-electron chi connectivity index (χ2n) is 4.65. The molecular weight excluding hydrogens is 266 g/mol. The zero-order valence-electron chi connectivity index (χ0n) is 11.1. The van der Waals surface area contributed by atoms with Crippen LogP contribution in [0.5, 0.6) is 0 Å². The second kappa shape index (κ2) is 5.41. The molecule has 0 amide bonds. The van der Waals surface area contributed by atoms with Crippen LogP contribution >= 0.6 is 0 Å². The Kier molecular flexibility index (Phi) is 3.84. The Morgan fingerprint density at radius 1 is 1.60 bits per heavy atom. The minimum Gasteiger partial charge on any atom is -0.480 e. The van der Waals surface area contributed by atoms with E-state index >= 15 is 0 Å². The number of hydrogen-bond donors (Lipinski definition) is 1. The summed E-state index contributed by atoms with van der Waals surface area (Å²) in [6.45, 7) is 1.97. The molecule has 1 saturated heterocycles. The lowest BCUT2D eigenvalue weighted by atomic mass is 10.2. The first-order valence-electron chi connectivity index (χ1n) is 6.08. The smallest absolute Gasteiger partial charge is 0.326 e. The average Bonchev–Trinajstić information content (AvgIpc) is 2.82. The van der Waals surface area contributed by atoms with Crippen LogP contribution in [0.2, 0.25) is 0 Å².